The number of halogens is 1. The van der Waals surface area contributed by atoms with Gasteiger partial charge in [0.05, 0.1) is 5.02 Å². The number of aryl methyl sites for hydroxylation is 1. The van der Waals surface area contributed by atoms with Crippen molar-refractivity contribution in [2.45, 2.75) is 19.8 Å². The number of rotatable bonds is 8. The van der Waals surface area contributed by atoms with Gasteiger partial charge in [0.15, 0.2) is 0 Å². The number of benzene rings is 1. The lowest BCUT2D eigenvalue weighted by atomic mass is 10.0. The van der Waals surface area contributed by atoms with E-state index in [9.17, 15) is 4.79 Å². The van der Waals surface area contributed by atoms with Crippen molar-refractivity contribution in [3.63, 3.8) is 0 Å². The van der Waals surface area contributed by atoms with Crippen LogP contribution in [0, 0.1) is 0 Å². The molecule has 2 heterocycles. The second kappa shape index (κ2) is 8.35. The average molecular weight is 391 g/mol. The van der Waals surface area contributed by atoms with Crippen LogP contribution in [0.1, 0.15) is 25.3 Å². The summed E-state index contributed by atoms with van der Waals surface area (Å²) in [5.74, 6) is 1.27. The minimum atomic E-state index is -0.0401. The zero-order chi connectivity index (χ0) is 19.4. The largest absolute Gasteiger partial charge is 0.488 e. The van der Waals surface area contributed by atoms with E-state index in [-0.39, 0.29) is 11.8 Å². The van der Waals surface area contributed by atoms with Gasteiger partial charge in [-0.05, 0) is 17.7 Å². The number of ether oxygens (including phenoxy) is 2. The molecule has 0 aliphatic heterocycles. The lowest BCUT2D eigenvalue weighted by Crippen LogP contribution is -2.24. The van der Waals surface area contributed by atoms with Crippen LogP contribution < -0.4 is 14.8 Å². The van der Waals surface area contributed by atoms with Crippen LogP contribution in [0.4, 0.5) is 0 Å². The highest BCUT2D eigenvalue weighted by Crippen LogP contribution is 2.34. The van der Waals surface area contributed by atoms with Gasteiger partial charge >= 0.3 is 0 Å². The van der Waals surface area contributed by atoms with Gasteiger partial charge in [0, 0.05) is 55.8 Å². The van der Waals surface area contributed by atoms with E-state index in [0.717, 1.165) is 16.5 Å². The highest BCUT2D eigenvalue weighted by Gasteiger charge is 2.14. The molecule has 0 spiro atoms. The van der Waals surface area contributed by atoms with Crippen LogP contribution in [-0.2, 0) is 11.8 Å². The Morgan fingerprint density at radius 3 is 2.85 bits per heavy atom. The van der Waals surface area contributed by atoms with Crippen LogP contribution in [-0.4, -0.2) is 40.4 Å². The van der Waals surface area contributed by atoms with Crippen molar-refractivity contribution in [1.29, 1.82) is 0 Å². The van der Waals surface area contributed by atoms with E-state index in [1.165, 1.54) is 6.92 Å². The Kier molecular flexibility index (Phi) is 5.91. The molecule has 1 aromatic carbocycles. The van der Waals surface area contributed by atoms with Crippen molar-refractivity contribution in [3.05, 3.63) is 41.2 Å². The summed E-state index contributed by atoms with van der Waals surface area (Å²) in [5.41, 5.74) is 2.03. The first kappa shape index (κ1) is 19.1. The molecule has 1 amide bonds. The van der Waals surface area contributed by atoms with Crippen LogP contribution >= 0.6 is 11.6 Å². The predicted octanol–water partition coefficient (Wildman–Crippen LogP) is 3.25. The van der Waals surface area contributed by atoms with Crippen LogP contribution in [0.25, 0.3) is 10.9 Å². The molecule has 2 aromatic heterocycles. The van der Waals surface area contributed by atoms with Gasteiger partial charge in [-0.15, -0.1) is 5.10 Å². The summed E-state index contributed by atoms with van der Waals surface area (Å²) < 4.78 is 13.0. The van der Waals surface area contributed by atoms with E-state index in [2.05, 4.69) is 22.3 Å². The number of carbonyl (C=O) groups excluding carboxylic acids is 1. The number of fused-ring (bicyclic) bond motifs is 1. The SMILES string of the molecule is CC(=O)NC[C@H](C)c1c[nH]c2cc(Cl)c(OCCOc3ccn(C)n3)cc12. The summed E-state index contributed by atoms with van der Waals surface area (Å²) in [6.45, 7) is 4.86. The second-order valence-corrected chi connectivity index (χ2v) is 6.84. The van der Waals surface area contributed by atoms with Crippen LogP contribution in [0.15, 0.2) is 30.6 Å². The molecule has 0 aliphatic rings. The standard InChI is InChI=1S/C19H23ClN4O3/c1-12(10-21-13(2)25)15-11-22-17-9-16(20)18(8-14(15)17)26-6-7-27-19-4-5-24(3)23-19/h4-5,8-9,11-12,22H,6-7,10H2,1-3H3,(H,21,25)/t12-/m0/s1. The van der Waals surface area contributed by atoms with Gasteiger partial charge in [0.1, 0.15) is 19.0 Å². The number of nitrogens with zero attached hydrogens (tertiary/aromatic N) is 2. The third kappa shape index (κ3) is 4.74. The highest BCUT2D eigenvalue weighted by atomic mass is 35.5. The molecule has 3 aromatic rings. The Balaban J connectivity index is 1.66. The first-order chi connectivity index (χ1) is 12.9. The Morgan fingerprint density at radius 1 is 1.37 bits per heavy atom. The molecule has 3 rings (SSSR count). The van der Waals surface area contributed by atoms with E-state index in [0.29, 0.717) is 36.4 Å². The van der Waals surface area contributed by atoms with E-state index >= 15 is 0 Å². The van der Waals surface area contributed by atoms with Crippen LogP contribution in [0.5, 0.6) is 11.6 Å². The summed E-state index contributed by atoms with van der Waals surface area (Å²) in [4.78, 5) is 14.4. The normalized spacial score (nSPS) is 12.1. The summed E-state index contributed by atoms with van der Waals surface area (Å²) in [6.07, 6.45) is 3.76. The number of aromatic nitrogens is 3. The second-order valence-electron chi connectivity index (χ2n) is 6.43. The monoisotopic (exact) mass is 390 g/mol. The molecule has 0 saturated heterocycles. The van der Waals surface area contributed by atoms with Crippen molar-refractivity contribution >= 4 is 28.4 Å². The summed E-state index contributed by atoms with van der Waals surface area (Å²) in [6, 6.07) is 5.57. The molecule has 2 N–H and O–H groups in total. The van der Waals surface area contributed by atoms with Gasteiger partial charge in [-0.1, -0.05) is 18.5 Å². The van der Waals surface area contributed by atoms with Gasteiger partial charge in [0.2, 0.25) is 11.8 Å². The maximum atomic E-state index is 11.2. The zero-order valence-corrected chi connectivity index (χ0v) is 16.3. The maximum Gasteiger partial charge on any atom is 0.232 e. The number of carbonyl (C=O) groups is 1. The molecule has 0 aliphatic carbocycles. The topological polar surface area (TPSA) is 81.2 Å². The number of hydrogen-bond acceptors (Lipinski definition) is 4. The Labute approximate surface area is 162 Å². The molecule has 7 nitrogen and oxygen atoms in total. The summed E-state index contributed by atoms with van der Waals surface area (Å²) in [5, 5.41) is 8.55. The van der Waals surface area contributed by atoms with Crippen molar-refractivity contribution in [3.8, 4) is 11.6 Å². The number of H-pyrrole nitrogens is 1. The molecule has 0 radical (unpaired) electrons. The van der Waals surface area contributed by atoms with Crippen molar-refractivity contribution in [2.24, 2.45) is 7.05 Å². The van der Waals surface area contributed by atoms with E-state index in [1.807, 2.05) is 31.6 Å². The van der Waals surface area contributed by atoms with Crippen molar-refractivity contribution < 1.29 is 14.3 Å². The molecule has 144 valence electrons. The van der Waals surface area contributed by atoms with Gasteiger partial charge in [-0.2, -0.15) is 0 Å². The molecule has 0 fully saturated rings. The van der Waals surface area contributed by atoms with Crippen molar-refractivity contribution in [1.82, 2.24) is 20.1 Å². The van der Waals surface area contributed by atoms with Crippen LogP contribution in [0.3, 0.4) is 0 Å². The zero-order valence-electron chi connectivity index (χ0n) is 15.6. The molecule has 27 heavy (non-hydrogen) atoms. The first-order valence-electron chi connectivity index (χ1n) is 8.74. The number of amides is 1. The van der Waals surface area contributed by atoms with Gasteiger partial charge in [-0.3, -0.25) is 9.48 Å². The fourth-order valence-corrected chi connectivity index (χ4v) is 3.06. The number of nitrogens with one attached hydrogen (secondary N) is 2. The third-order valence-electron chi connectivity index (χ3n) is 4.23. The molecule has 0 bridgehead atoms. The van der Waals surface area contributed by atoms with E-state index in [1.54, 1.807) is 10.7 Å². The summed E-state index contributed by atoms with van der Waals surface area (Å²) in [7, 11) is 1.83. The molecular formula is C19H23ClN4O3. The Morgan fingerprint density at radius 2 is 2.15 bits per heavy atom. The molecule has 0 saturated carbocycles. The number of aromatic amines is 1. The average Bonchev–Trinajstić information content (AvgIpc) is 3.22. The lowest BCUT2D eigenvalue weighted by molar-refractivity contribution is -0.119. The fourth-order valence-electron chi connectivity index (χ4n) is 2.84. The highest BCUT2D eigenvalue weighted by molar-refractivity contribution is 6.32. The molecular weight excluding hydrogens is 368 g/mol. The van der Waals surface area contributed by atoms with Crippen molar-refractivity contribution in [2.75, 3.05) is 19.8 Å². The minimum Gasteiger partial charge on any atom is -0.488 e. The minimum absolute atomic E-state index is 0.0401. The fraction of sp³-hybridized carbons (Fsp3) is 0.368. The quantitative estimate of drug-likeness (QED) is 0.578. The Bertz CT molecular complexity index is 934. The van der Waals surface area contributed by atoms with Crippen LogP contribution in [0.2, 0.25) is 5.02 Å². The molecule has 1 atom stereocenters. The van der Waals surface area contributed by atoms with Gasteiger partial charge in [-0.25, -0.2) is 0 Å². The third-order valence-corrected chi connectivity index (χ3v) is 4.53. The van der Waals surface area contributed by atoms with E-state index in [4.69, 9.17) is 21.1 Å². The molecule has 8 heteroatoms. The first-order valence-corrected chi connectivity index (χ1v) is 9.12. The predicted molar refractivity (Wildman–Crippen MR) is 105 cm³/mol. The lowest BCUT2D eigenvalue weighted by Gasteiger charge is -2.12. The van der Waals surface area contributed by atoms with E-state index < -0.39 is 0 Å². The van der Waals surface area contributed by atoms with Gasteiger partial charge < -0.3 is 19.8 Å². The maximum absolute atomic E-state index is 11.2. The smallest absolute Gasteiger partial charge is 0.232 e. The summed E-state index contributed by atoms with van der Waals surface area (Å²) >= 11 is 6.34. The number of hydrogen-bond donors (Lipinski definition) is 2. The Hall–Kier alpha value is -2.67. The van der Waals surface area contributed by atoms with Gasteiger partial charge in [0.25, 0.3) is 0 Å². The molecule has 0 unspecified atom stereocenters.